The molecule has 3 fully saturated rings. The summed E-state index contributed by atoms with van der Waals surface area (Å²) in [6.07, 6.45) is -1.12. The fourth-order valence-corrected chi connectivity index (χ4v) is 18.9. The van der Waals surface area contributed by atoms with Crippen LogP contribution >= 0.6 is 0 Å². The molecule has 0 spiro atoms. The van der Waals surface area contributed by atoms with Gasteiger partial charge in [0.05, 0.1) is 24.2 Å². The fourth-order valence-electron chi connectivity index (χ4n) is 9.66. The van der Waals surface area contributed by atoms with Crippen molar-refractivity contribution >= 4 is 49.3 Å². The van der Waals surface area contributed by atoms with Gasteiger partial charge in [0, 0.05) is 19.5 Å². The fraction of sp³-hybridized carbons (Fsp3) is 0.422. The Balaban J connectivity index is 1.35. The first kappa shape index (κ1) is 39.3. The van der Waals surface area contributed by atoms with Crippen LogP contribution in [0.2, 0.25) is 10.1 Å². The van der Waals surface area contributed by atoms with Gasteiger partial charge >= 0.3 is 6.03 Å². The number of likely N-dealkylation sites (tertiary alicyclic amines) is 1. The molecular weight excluding hydrogens is 719 g/mol. The van der Waals surface area contributed by atoms with Crippen molar-refractivity contribution in [1.29, 1.82) is 0 Å². The topological polar surface area (TPSA) is 80.3 Å². The number of imide groups is 1. The minimum Gasteiger partial charge on any atom is -0.405 e. The zero-order valence-corrected chi connectivity index (χ0v) is 35.6. The predicted molar refractivity (Wildman–Crippen MR) is 224 cm³/mol. The average molecular weight is 776 g/mol. The van der Waals surface area contributed by atoms with Gasteiger partial charge in [0.25, 0.3) is 16.6 Å². The number of benzene rings is 4. The summed E-state index contributed by atoms with van der Waals surface area (Å²) >= 11 is 0. The Hall–Kier alpha value is -3.91. The van der Waals surface area contributed by atoms with Crippen molar-refractivity contribution < 1.29 is 23.2 Å². The molecule has 0 radical (unpaired) electrons. The van der Waals surface area contributed by atoms with Crippen molar-refractivity contribution in [2.45, 2.75) is 89.4 Å². The quantitative estimate of drug-likeness (QED) is 0.215. The molecule has 3 aliphatic heterocycles. The van der Waals surface area contributed by atoms with E-state index in [1.807, 2.05) is 14.0 Å². The second kappa shape index (κ2) is 14.9. The van der Waals surface area contributed by atoms with Gasteiger partial charge in [-0.15, -0.1) is 0 Å². The molecule has 0 aliphatic carbocycles. The number of nitrogens with zero attached hydrogens (tertiary/aromatic N) is 2. The van der Waals surface area contributed by atoms with Crippen LogP contribution in [-0.4, -0.2) is 89.6 Å². The van der Waals surface area contributed by atoms with Crippen LogP contribution in [0, 0.1) is 5.41 Å². The van der Waals surface area contributed by atoms with Gasteiger partial charge in [-0.05, 0) is 44.8 Å². The molecule has 0 aromatic heterocycles. The lowest BCUT2D eigenvalue weighted by molar-refractivity contribution is -0.139. The standard InChI is InChI=1S/C45H57N3O5Si2/c1-43(2,3)54(33-21-13-9-14-22-33,34-23-15-10-16-24-34)51-31-38-37(29-40(52-38)48-39-30-47(8)32-45(39,7)41(49)46-42(48)50)53-55(44(4,5)6,35-25-17-11-18-26-35)36-27-19-12-20-28-36/h9-28,37-40H,29-32H2,1-8H3,(H,46,49,50)/t37-,38+,39?,40+,45?/m0/s1. The zero-order valence-electron chi connectivity index (χ0n) is 33.6. The van der Waals surface area contributed by atoms with E-state index in [4.69, 9.17) is 13.6 Å². The third kappa shape index (κ3) is 6.85. The summed E-state index contributed by atoms with van der Waals surface area (Å²) in [5.74, 6) is -0.229. The van der Waals surface area contributed by atoms with Gasteiger partial charge in [0.2, 0.25) is 5.91 Å². The first-order chi connectivity index (χ1) is 26.1. The number of carbonyl (C=O) groups excluding carboxylic acids is 2. The Kier molecular flexibility index (Phi) is 10.6. The Morgan fingerprint density at radius 2 is 1.16 bits per heavy atom. The molecule has 3 heterocycles. The second-order valence-electron chi connectivity index (χ2n) is 18.0. The van der Waals surface area contributed by atoms with Crippen LogP contribution in [0.4, 0.5) is 4.79 Å². The Labute approximate surface area is 329 Å². The predicted octanol–water partition coefficient (Wildman–Crippen LogP) is 5.50. The number of likely N-dealkylation sites (N-methyl/N-ethyl adjacent to an activating group) is 1. The summed E-state index contributed by atoms with van der Waals surface area (Å²) in [6, 6.07) is 41.8. The van der Waals surface area contributed by atoms with E-state index in [-0.39, 0.29) is 28.6 Å². The molecule has 3 saturated heterocycles. The highest BCUT2D eigenvalue weighted by Gasteiger charge is 2.60. The lowest BCUT2D eigenvalue weighted by atomic mass is 9.81. The molecule has 0 bridgehead atoms. The number of ether oxygens (including phenoxy) is 1. The number of carbonyl (C=O) groups is 2. The molecule has 290 valence electrons. The number of nitrogens with one attached hydrogen (secondary N) is 1. The highest BCUT2D eigenvalue weighted by atomic mass is 28.4. The van der Waals surface area contributed by atoms with Gasteiger partial charge in [-0.1, -0.05) is 163 Å². The van der Waals surface area contributed by atoms with Gasteiger partial charge in [0.15, 0.2) is 0 Å². The van der Waals surface area contributed by atoms with Crippen molar-refractivity contribution in [2.75, 3.05) is 26.7 Å². The minimum absolute atomic E-state index is 0.229. The van der Waals surface area contributed by atoms with Crippen LogP contribution in [0.5, 0.6) is 0 Å². The van der Waals surface area contributed by atoms with E-state index in [0.29, 0.717) is 19.5 Å². The third-order valence-corrected chi connectivity index (χ3v) is 22.3. The highest BCUT2D eigenvalue weighted by molar-refractivity contribution is 7.00. The number of rotatable bonds is 10. The van der Waals surface area contributed by atoms with Gasteiger partial charge in [-0.25, -0.2) is 4.79 Å². The summed E-state index contributed by atoms with van der Waals surface area (Å²) in [4.78, 5) is 31.2. The zero-order chi connectivity index (χ0) is 39.2. The summed E-state index contributed by atoms with van der Waals surface area (Å²) in [7, 11) is -4.02. The van der Waals surface area contributed by atoms with Gasteiger partial charge in [-0.2, -0.15) is 0 Å². The van der Waals surface area contributed by atoms with Crippen LogP contribution in [0.15, 0.2) is 121 Å². The summed E-state index contributed by atoms with van der Waals surface area (Å²) in [6.45, 7) is 17.0. The minimum atomic E-state index is -3.06. The number of urea groups is 1. The molecule has 4 aromatic rings. The van der Waals surface area contributed by atoms with E-state index in [1.54, 1.807) is 4.90 Å². The monoisotopic (exact) mass is 775 g/mol. The number of hydrogen-bond acceptors (Lipinski definition) is 6. The van der Waals surface area contributed by atoms with Crippen LogP contribution < -0.4 is 26.1 Å². The smallest absolute Gasteiger partial charge is 0.326 e. The molecule has 5 atom stereocenters. The maximum Gasteiger partial charge on any atom is 0.326 e. The van der Waals surface area contributed by atoms with Crippen LogP contribution in [0.25, 0.3) is 0 Å². The molecule has 8 nitrogen and oxygen atoms in total. The highest BCUT2D eigenvalue weighted by Crippen LogP contribution is 2.44. The molecule has 3 aliphatic rings. The average Bonchev–Trinajstić information content (AvgIpc) is 3.70. The van der Waals surface area contributed by atoms with E-state index in [9.17, 15) is 9.59 Å². The Morgan fingerprint density at radius 3 is 1.60 bits per heavy atom. The van der Waals surface area contributed by atoms with E-state index < -0.39 is 46.5 Å². The Bertz CT molecular complexity index is 1880. The van der Waals surface area contributed by atoms with E-state index >= 15 is 0 Å². The Morgan fingerprint density at radius 1 is 0.727 bits per heavy atom. The van der Waals surface area contributed by atoms with Crippen LogP contribution in [-0.2, 0) is 18.4 Å². The molecule has 3 amide bonds. The van der Waals surface area contributed by atoms with Crippen LogP contribution in [0.3, 0.4) is 0 Å². The third-order valence-electron chi connectivity index (χ3n) is 12.2. The van der Waals surface area contributed by atoms with E-state index in [1.165, 1.54) is 20.7 Å². The number of amides is 3. The maximum atomic E-state index is 13.9. The molecular formula is C45H57N3O5Si2. The SMILES string of the molecule is CN1CC2N([C@H]3C[C@H](O[Si](c4ccccc4)(c4ccccc4)C(C)(C)C)[C@@H](CO[Si](c4ccccc4)(c4ccccc4)C(C)(C)C)O3)C(=O)NC(=O)C2(C)C1. The molecule has 2 unspecified atom stereocenters. The van der Waals surface area contributed by atoms with Crippen molar-refractivity contribution in [3.05, 3.63) is 121 Å². The first-order valence-corrected chi connectivity index (χ1v) is 23.4. The molecule has 10 heteroatoms. The lowest BCUT2D eigenvalue weighted by Gasteiger charge is -2.46. The molecule has 7 rings (SSSR count). The molecule has 1 N–H and O–H groups in total. The summed E-state index contributed by atoms with van der Waals surface area (Å²) < 4.78 is 22.6. The second-order valence-corrected chi connectivity index (χ2v) is 26.5. The summed E-state index contributed by atoms with van der Waals surface area (Å²) in [5.41, 5.74) is -0.760. The van der Waals surface area contributed by atoms with Crippen molar-refractivity contribution in [1.82, 2.24) is 15.1 Å². The van der Waals surface area contributed by atoms with Gasteiger partial charge < -0.3 is 18.5 Å². The maximum absolute atomic E-state index is 13.9. The van der Waals surface area contributed by atoms with Gasteiger partial charge in [-0.3, -0.25) is 15.0 Å². The summed E-state index contributed by atoms with van der Waals surface area (Å²) in [5, 5.41) is 6.90. The first-order valence-electron chi connectivity index (χ1n) is 19.6. The molecule has 4 aromatic carbocycles. The van der Waals surface area contributed by atoms with Crippen LogP contribution in [0.1, 0.15) is 54.9 Å². The molecule has 55 heavy (non-hydrogen) atoms. The van der Waals surface area contributed by atoms with Crippen molar-refractivity contribution in [3.63, 3.8) is 0 Å². The van der Waals surface area contributed by atoms with Gasteiger partial charge in [0.1, 0.15) is 12.3 Å². The number of fused-ring (bicyclic) bond motifs is 1. The lowest BCUT2D eigenvalue weighted by Crippen LogP contribution is -2.69. The van der Waals surface area contributed by atoms with Crippen molar-refractivity contribution in [2.24, 2.45) is 5.41 Å². The van der Waals surface area contributed by atoms with E-state index in [0.717, 1.165) is 0 Å². The van der Waals surface area contributed by atoms with Crippen molar-refractivity contribution in [3.8, 4) is 0 Å². The number of hydrogen-bond donors (Lipinski definition) is 1. The van der Waals surface area contributed by atoms with E-state index in [2.05, 4.69) is 173 Å². The normalized spacial score (nSPS) is 25.2. The largest absolute Gasteiger partial charge is 0.405 e. The molecule has 0 saturated carbocycles.